The van der Waals surface area contributed by atoms with Gasteiger partial charge in [-0.3, -0.25) is 14.4 Å². The number of hydrogen-bond donors (Lipinski definition) is 3. The zero-order valence-corrected chi connectivity index (χ0v) is 11.3. The summed E-state index contributed by atoms with van der Waals surface area (Å²) in [7, 11) is 1.26. The Hall–Kier alpha value is -1.47. The minimum atomic E-state index is -0.625. The molecule has 0 aliphatic rings. The first-order chi connectivity index (χ1) is 9.01. The Labute approximate surface area is 113 Å². The Balaban J connectivity index is 3.76. The molecule has 0 aliphatic heterocycles. The molecule has 7 nitrogen and oxygen atoms in total. The van der Waals surface area contributed by atoms with E-state index in [4.69, 9.17) is 11.5 Å². The third-order valence-electron chi connectivity index (χ3n) is 2.60. The van der Waals surface area contributed by atoms with Gasteiger partial charge in [0.25, 0.3) is 0 Å². The van der Waals surface area contributed by atoms with Crippen molar-refractivity contribution in [2.45, 2.75) is 38.1 Å². The third-order valence-corrected chi connectivity index (χ3v) is 2.60. The van der Waals surface area contributed by atoms with Crippen LogP contribution >= 0.6 is 0 Å². The van der Waals surface area contributed by atoms with Crippen molar-refractivity contribution in [3.05, 3.63) is 0 Å². The predicted octanol–water partition coefficient (Wildman–Crippen LogP) is -0.919. The van der Waals surface area contributed by atoms with Crippen LogP contribution in [0.2, 0.25) is 0 Å². The summed E-state index contributed by atoms with van der Waals surface area (Å²) in [4.78, 5) is 33.7. The molecule has 0 fully saturated rings. The molecule has 0 aromatic carbocycles. The number of carbonyl (C=O) groups excluding carboxylic acids is 3. The first-order valence-corrected chi connectivity index (χ1v) is 6.33. The molecule has 1 atom stereocenters. The Bertz CT molecular complexity index is 307. The molecule has 1 amide bonds. The molecule has 0 unspecified atom stereocenters. The molecule has 0 spiro atoms. The normalized spacial score (nSPS) is 11.7. The van der Waals surface area contributed by atoms with Crippen LogP contribution in [-0.4, -0.2) is 43.9 Å². The lowest BCUT2D eigenvalue weighted by atomic mass is 10.1. The molecule has 5 N–H and O–H groups in total. The van der Waals surface area contributed by atoms with Crippen LogP contribution in [-0.2, 0) is 19.1 Å². The van der Waals surface area contributed by atoms with Crippen LogP contribution < -0.4 is 16.8 Å². The standard InChI is InChI=1S/C12H23N3O4/c1-19-11(17)6-5-9(16)8-15-12(18)10(14)4-2-3-7-13/h10H,2-8,13-14H2,1H3,(H,15,18)/t10-/m0/s1. The lowest BCUT2D eigenvalue weighted by molar-refractivity contribution is -0.141. The molecule has 7 heteroatoms. The molecular formula is C12H23N3O4. The summed E-state index contributed by atoms with van der Waals surface area (Å²) < 4.78 is 4.41. The molecule has 0 aromatic rings. The number of carbonyl (C=O) groups is 3. The summed E-state index contributed by atoms with van der Waals surface area (Å²) >= 11 is 0. The van der Waals surface area contributed by atoms with Gasteiger partial charge in [0.05, 0.1) is 26.1 Å². The molecule has 110 valence electrons. The van der Waals surface area contributed by atoms with Crippen molar-refractivity contribution in [1.82, 2.24) is 5.32 Å². The molecule has 0 bridgehead atoms. The van der Waals surface area contributed by atoms with Crippen molar-refractivity contribution in [1.29, 1.82) is 0 Å². The third kappa shape index (κ3) is 9.15. The highest BCUT2D eigenvalue weighted by molar-refractivity contribution is 5.89. The maximum Gasteiger partial charge on any atom is 0.305 e. The lowest BCUT2D eigenvalue weighted by Crippen LogP contribution is -2.42. The molecular weight excluding hydrogens is 250 g/mol. The van der Waals surface area contributed by atoms with Crippen LogP contribution in [0.25, 0.3) is 0 Å². The van der Waals surface area contributed by atoms with Gasteiger partial charge in [-0.25, -0.2) is 0 Å². The van der Waals surface area contributed by atoms with Gasteiger partial charge in [0.1, 0.15) is 0 Å². The average Bonchev–Trinajstić information content (AvgIpc) is 2.41. The zero-order chi connectivity index (χ0) is 14.7. The number of amides is 1. The van der Waals surface area contributed by atoms with Crippen LogP contribution in [0.1, 0.15) is 32.1 Å². The topological polar surface area (TPSA) is 125 Å². The predicted molar refractivity (Wildman–Crippen MR) is 70.1 cm³/mol. The van der Waals surface area contributed by atoms with E-state index in [2.05, 4.69) is 10.1 Å². The summed E-state index contributed by atoms with van der Waals surface area (Å²) in [6, 6.07) is -0.625. The smallest absolute Gasteiger partial charge is 0.305 e. The summed E-state index contributed by atoms with van der Waals surface area (Å²) in [5.74, 6) is -1.03. The number of nitrogens with two attached hydrogens (primary N) is 2. The van der Waals surface area contributed by atoms with E-state index >= 15 is 0 Å². The second-order valence-corrected chi connectivity index (χ2v) is 4.22. The van der Waals surface area contributed by atoms with Crippen molar-refractivity contribution in [2.75, 3.05) is 20.2 Å². The van der Waals surface area contributed by atoms with E-state index in [9.17, 15) is 14.4 Å². The van der Waals surface area contributed by atoms with Crippen LogP contribution in [0, 0.1) is 0 Å². The minimum absolute atomic E-state index is 0.0216. The number of ketones is 1. The molecule has 0 saturated heterocycles. The average molecular weight is 273 g/mol. The maximum atomic E-state index is 11.5. The SMILES string of the molecule is COC(=O)CCC(=O)CNC(=O)[C@@H](N)CCCCN. The van der Waals surface area contributed by atoms with E-state index in [1.807, 2.05) is 0 Å². The molecule has 0 heterocycles. The fraction of sp³-hybridized carbons (Fsp3) is 0.750. The minimum Gasteiger partial charge on any atom is -0.469 e. The van der Waals surface area contributed by atoms with E-state index in [-0.39, 0.29) is 31.1 Å². The van der Waals surface area contributed by atoms with E-state index in [1.54, 1.807) is 0 Å². The van der Waals surface area contributed by atoms with Crippen LogP contribution in [0.3, 0.4) is 0 Å². The van der Waals surface area contributed by atoms with E-state index < -0.39 is 12.0 Å². The summed E-state index contributed by atoms with van der Waals surface area (Å²) in [5.41, 5.74) is 11.0. The molecule has 0 saturated carbocycles. The largest absolute Gasteiger partial charge is 0.469 e. The van der Waals surface area contributed by atoms with Crippen molar-refractivity contribution < 1.29 is 19.1 Å². The number of nitrogens with one attached hydrogen (secondary N) is 1. The highest BCUT2D eigenvalue weighted by Crippen LogP contribution is 1.98. The second-order valence-electron chi connectivity index (χ2n) is 4.22. The van der Waals surface area contributed by atoms with Crippen molar-refractivity contribution in [2.24, 2.45) is 11.5 Å². The number of esters is 1. The molecule has 0 radical (unpaired) electrons. The van der Waals surface area contributed by atoms with Gasteiger partial charge in [-0.15, -0.1) is 0 Å². The van der Waals surface area contributed by atoms with Gasteiger partial charge < -0.3 is 21.5 Å². The van der Waals surface area contributed by atoms with Gasteiger partial charge in [-0.2, -0.15) is 0 Å². The van der Waals surface area contributed by atoms with Crippen LogP contribution in [0.15, 0.2) is 0 Å². The first kappa shape index (κ1) is 17.5. The number of hydrogen-bond acceptors (Lipinski definition) is 6. The molecule has 19 heavy (non-hydrogen) atoms. The molecule has 0 aliphatic carbocycles. The number of unbranched alkanes of at least 4 members (excludes halogenated alkanes) is 1. The summed E-state index contributed by atoms with van der Waals surface area (Å²) in [6.45, 7) is 0.459. The summed E-state index contributed by atoms with van der Waals surface area (Å²) in [5, 5.41) is 2.45. The van der Waals surface area contributed by atoms with Gasteiger partial charge in [0.2, 0.25) is 5.91 Å². The van der Waals surface area contributed by atoms with Gasteiger partial charge in [-0.05, 0) is 19.4 Å². The van der Waals surface area contributed by atoms with Gasteiger partial charge in [-0.1, -0.05) is 6.42 Å². The Morgan fingerprint density at radius 1 is 1.21 bits per heavy atom. The van der Waals surface area contributed by atoms with Crippen LogP contribution in [0.5, 0.6) is 0 Å². The zero-order valence-electron chi connectivity index (χ0n) is 11.3. The number of ether oxygens (including phenoxy) is 1. The van der Waals surface area contributed by atoms with E-state index in [0.29, 0.717) is 13.0 Å². The van der Waals surface area contributed by atoms with Gasteiger partial charge in [0, 0.05) is 6.42 Å². The Morgan fingerprint density at radius 3 is 2.47 bits per heavy atom. The lowest BCUT2D eigenvalue weighted by Gasteiger charge is -2.11. The fourth-order valence-electron chi connectivity index (χ4n) is 1.39. The molecule has 0 aromatic heterocycles. The highest BCUT2D eigenvalue weighted by Gasteiger charge is 2.14. The molecule has 0 rings (SSSR count). The van der Waals surface area contributed by atoms with Crippen molar-refractivity contribution >= 4 is 17.7 Å². The van der Waals surface area contributed by atoms with Gasteiger partial charge in [0.15, 0.2) is 5.78 Å². The van der Waals surface area contributed by atoms with E-state index in [0.717, 1.165) is 12.8 Å². The monoisotopic (exact) mass is 273 g/mol. The highest BCUT2D eigenvalue weighted by atomic mass is 16.5. The number of methoxy groups -OCH3 is 1. The first-order valence-electron chi connectivity index (χ1n) is 6.33. The second kappa shape index (κ2) is 10.5. The number of rotatable bonds is 10. The van der Waals surface area contributed by atoms with Crippen LogP contribution in [0.4, 0.5) is 0 Å². The Kier molecular flexibility index (Phi) is 9.64. The maximum absolute atomic E-state index is 11.5. The summed E-state index contributed by atoms with van der Waals surface area (Å²) in [6.07, 6.45) is 2.21. The van der Waals surface area contributed by atoms with E-state index in [1.165, 1.54) is 7.11 Å². The van der Waals surface area contributed by atoms with Crippen molar-refractivity contribution in [3.63, 3.8) is 0 Å². The Morgan fingerprint density at radius 2 is 1.89 bits per heavy atom. The van der Waals surface area contributed by atoms with Crippen molar-refractivity contribution in [3.8, 4) is 0 Å². The quantitative estimate of drug-likeness (QED) is 0.349. The van der Waals surface area contributed by atoms with Gasteiger partial charge >= 0.3 is 5.97 Å². The fourth-order valence-corrected chi connectivity index (χ4v) is 1.39. The number of Topliss-reactive ketones (excluding diaryl/α,β-unsaturated/α-hetero) is 1.